The van der Waals surface area contributed by atoms with Gasteiger partial charge in [-0.1, -0.05) is 0 Å². The Morgan fingerprint density at radius 1 is 1.50 bits per heavy atom. The molecule has 0 aromatic rings. The van der Waals surface area contributed by atoms with Gasteiger partial charge in [-0.2, -0.15) is 0 Å². The van der Waals surface area contributed by atoms with Crippen molar-refractivity contribution in [2.24, 2.45) is 0 Å². The van der Waals surface area contributed by atoms with Crippen molar-refractivity contribution in [3.63, 3.8) is 0 Å². The number of carbonyl (C=O) groups is 1. The molecule has 1 fully saturated rings. The molecule has 0 aliphatic carbocycles. The van der Waals surface area contributed by atoms with E-state index < -0.39 is 0 Å². The summed E-state index contributed by atoms with van der Waals surface area (Å²) >= 11 is 0. The molecule has 12 heavy (non-hydrogen) atoms. The van der Waals surface area contributed by atoms with E-state index in [0.29, 0.717) is 13.3 Å². The molecular weight excluding hydrogens is 156 g/mol. The number of hydrogen-bond acceptors (Lipinski definition) is 3. The molecule has 4 heteroatoms. The Balaban J connectivity index is 2.10. The van der Waals surface area contributed by atoms with Crippen LogP contribution in [0.2, 0.25) is 0 Å². The first kappa shape index (κ1) is 9.48. The molecule has 0 unspecified atom stereocenters. The van der Waals surface area contributed by atoms with Crippen molar-refractivity contribution in [2.75, 3.05) is 33.5 Å². The highest BCUT2D eigenvalue weighted by Crippen LogP contribution is 2.06. The molecule has 1 amide bonds. The summed E-state index contributed by atoms with van der Waals surface area (Å²) < 4.78 is 4.77. The summed E-state index contributed by atoms with van der Waals surface area (Å²) in [6.07, 6.45) is 2.30. The molecule has 0 radical (unpaired) electrons. The first-order valence-electron chi connectivity index (χ1n) is 4.32. The molecule has 1 heterocycles. The van der Waals surface area contributed by atoms with Crippen LogP contribution in [0.5, 0.6) is 0 Å². The average molecular weight is 172 g/mol. The van der Waals surface area contributed by atoms with E-state index in [1.54, 1.807) is 7.11 Å². The van der Waals surface area contributed by atoms with Gasteiger partial charge in [0.05, 0.1) is 13.3 Å². The molecule has 0 saturated carbocycles. The van der Waals surface area contributed by atoms with E-state index in [0.717, 1.165) is 25.9 Å². The molecule has 0 aromatic carbocycles. The highest BCUT2D eigenvalue weighted by Gasteiger charge is 2.16. The fourth-order valence-corrected chi connectivity index (χ4v) is 1.34. The predicted octanol–water partition coefficient (Wildman–Crippen LogP) is -0.198. The second-order valence-electron chi connectivity index (χ2n) is 2.95. The van der Waals surface area contributed by atoms with Gasteiger partial charge in [0.1, 0.15) is 0 Å². The first-order valence-corrected chi connectivity index (χ1v) is 4.32. The summed E-state index contributed by atoms with van der Waals surface area (Å²) in [5.74, 6) is 0.185. The number of nitrogens with one attached hydrogen (secondary N) is 1. The third kappa shape index (κ3) is 2.79. The van der Waals surface area contributed by atoms with Gasteiger partial charge < -0.3 is 9.64 Å². The van der Waals surface area contributed by atoms with Crippen LogP contribution in [0.15, 0.2) is 0 Å². The Bertz CT molecular complexity index is 144. The minimum Gasteiger partial charge on any atom is -0.370 e. The van der Waals surface area contributed by atoms with Crippen LogP contribution < -0.4 is 5.32 Å². The maximum atomic E-state index is 11.3. The van der Waals surface area contributed by atoms with Gasteiger partial charge in [0.15, 0.2) is 0 Å². The van der Waals surface area contributed by atoms with Crippen molar-refractivity contribution >= 4 is 5.91 Å². The standard InChI is InChI=1S/C8H16N2O2/c1-12-7-9-6-8(11)10-4-2-3-5-10/h9H,2-7H2,1H3. The number of ether oxygens (including phenoxy) is 1. The van der Waals surface area contributed by atoms with Gasteiger partial charge in [-0.15, -0.1) is 0 Å². The SMILES string of the molecule is COCNCC(=O)N1CCCC1. The van der Waals surface area contributed by atoms with E-state index in [2.05, 4.69) is 5.32 Å². The average Bonchev–Trinajstić information content (AvgIpc) is 2.56. The molecule has 1 aliphatic rings. The number of methoxy groups -OCH3 is 1. The van der Waals surface area contributed by atoms with Gasteiger partial charge in [-0.25, -0.2) is 0 Å². The lowest BCUT2D eigenvalue weighted by molar-refractivity contribution is -0.129. The number of carbonyl (C=O) groups excluding carboxylic acids is 1. The second-order valence-corrected chi connectivity index (χ2v) is 2.95. The molecule has 1 rings (SSSR count). The van der Waals surface area contributed by atoms with E-state index in [4.69, 9.17) is 4.74 Å². The lowest BCUT2D eigenvalue weighted by Crippen LogP contribution is -2.36. The maximum Gasteiger partial charge on any atom is 0.236 e. The second kappa shape index (κ2) is 5.11. The minimum atomic E-state index is 0.185. The zero-order valence-corrected chi connectivity index (χ0v) is 7.51. The van der Waals surface area contributed by atoms with Gasteiger partial charge in [-0.05, 0) is 12.8 Å². The van der Waals surface area contributed by atoms with Gasteiger partial charge in [0, 0.05) is 20.2 Å². The van der Waals surface area contributed by atoms with Crippen LogP contribution >= 0.6 is 0 Å². The fraction of sp³-hybridized carbons (Fsp3) is 0.875. The molecule has 1 aliphatic heterocycles. The van der Waals surface area contributed by atoms with Crippen LogP contribution in [0.1, 0.15) is 12.8 Å². The fourth-order valence-electron chi connectivity index (χ4n) is 1.34. The Morgan fingerprint density at radius 3 is 2.75 bits per heavy atom. The molecule has 1 saturated heterocycles. The van der Waals surface area contributed by atoms with Crippen LogP contribution in [-0.4, -0.2) is 44.3 Å². The smallest absolute Gasteiger partial charge is 0.236 e. The van der Waals surface area contributed by atoms with Crippen molar-refractivity contribution in [1.29, 1.82) is 0 Å². The molecule has 1 N–H and O–H groups in total. The monoisotopic (exact) mass is 172 g/mol. The summed E-state index contributed by atoms with van der Waals surface area (Å²) in [5.41, 5.74) is 0. The molecule has 70 valence electrons. The van der Waals surface area contributed by atoms with Crippen LogP contribution in [-0.2, 0) is 9.53 Å². The zero-order valence-electron chi connectivity index (χ0n) is 7.51. The van der Waals surface area contributed by atoms with Crippen molar-refractivity contribution < 1.29 is 9.53 Å². The summed E-state index contributed by atoms with van der Waals surface area (Å²) in [6, 6.07) is 0. The molecule has 0 bridgehead atoms. The lowest BCUT2D eigenvalue weighted by atomic mass is 10.4. The van der Waals surface area contributed by atoms with Crippen LogP contribution in [0.4, 0.5) is 0 Å². The molecule has 0 aromatic heterocycles. The van der Waals surface area contributed by atoms with E-state index in [1.165, 1.54) is 0 Å². The summed E-state index contributed by atoms with van der Waals surface area (Å²) in [6.45, 7) is 2.69. The number of hydrogen-bond donors (Lipinski definition) is 1. The van der Waals surface area contributed by atoms with Gasteiger partial charge in [-0.3, -0.25) is 10.1 Å². The normalized spacial score (nSPS) is 16.9. The van der Waals surface area contributed by atoms with Crippen molar-refractivity contribution in [2.45, 2.75) is 12.8 Å². The Kier molecular flexibility index (Phi) is 4.04. The quantitative estimate of drug-likeness (QED) is 0.472. The van der Waals surface area contributed by atoms with E-state index in [-0.39, 0.29) is 5.91 Å². The van der Waals surface area contributed by atoms with E-state index in [9.17, 15) is 4.79 Å². The molecule has 4 nitrogen and oxygen atoms in total. The number of nitrogens with zero attached hydrogens (tertiary/aromatic N) is 1. The van der Waals surface area contributed by atoms with Crippen LogP contribution in [0.3, 0.4) is 0 Å². The third-order valence-electron chi connectivity index (χ3n) is 1.98. The summed E-state index contributed by atoms with van der Waals surface area (Å²) in [5, 5.41) is 2.90. The lowest BCUT2D eigenvalue weighted by Gasteiger charge is -2.14. The van der Waals surface area contributed by atoms with Gasteiger partial charge in [0.25, 0.3) is 0 Å². The topological polar surface area (TPSA) is 41.6 Å². The third-order valence-corrected chi connectivity index (χ3v) is 1.98. The Hall–Kier alpha value is -0.610. The van der Waals surface area contributed by atoms with Gasteiger partial charge >= 0.3 is 0 Å². The largest absolute Gasteiger partial charge is 0.370 e. The van der Waals surface area contributed by atoms with E-state index in [1.807, 2.05) is 4.90 Å². The van der Waals surface area contributed by atoms with Crippen molar-refractivity contribution in [3.8, 4) is 0 Å². The highest BCUT2D eigenvalue weighted by molar-refractivity contribution is 5.78. The number of amides is 1. The zero-order chi connectivity index (χ0) is 8.81. The molecule has 0 atom stereocenters. The summed E-state index contributed by atoms with van der Waals surface area (Å²) in [7, 11) is 1.60. The molecular formula is C8H16N2O2. The van der Waals surface area contributed by atoms with Crippen molar-refractivity contribution in [3.05, 3.63) is 0 Å². The first-order chi connectivity index (χ1) is 5.84. The number of likely N-dealkylation sites (tertiary alicyclic amines) is 1. The number of rotatable bonds is 4. The summed E-state index contributed by atoms with van der Waals surface area (Å²) in [4.78, 5) is 13.2. The van der Waals surface area contributed by atoms with Gasteiger partial charge in [0.2, 0.25) is 5.91 Å². The Morgan fingerprint density at radius 2 is 2.17 bits per heavy atom. The van der Waals surface area contributed by atoms with E-state index >= 15 is 0 Å². The molecule has 0 spiro atoms. The predicted molar refractivity (Wildman–Crippen MR) is 45.7 cm³/mol. The van der Waals surface area contributed by atoms with Crippen LogP contribution in [0.25, 0.3) is 0 Å². The Labute approximate surface area is 72.9 Å². The minimum absolute atomic E-state index is 0.185. The highest BCUT2D eigenvalue weighted by atomic mass is 16.5. The van der Waals surface area contributed by atoms with Crippen LogP contribution in [0, 0.1) is 0 Å². The van der Waals surface area contributed by atoms with Crippen molar-refractivity contribution in [1.82, 2.24) is 10.2 Å². The maximum absolute atomic E-state index is 11.3.